The number of hydroxylamine groups is 2. The van der Waals surface area contributed by atoms with Crippen molar-refractivity contribution in [2.24, 2.45) is 5.16 Å². The summed E-state index contributed by atoms with van der Waals surface area (Å²) in [6, 6.07) is 4.57. The topological polar surface area (TPSA) is 172 Å². The van der Waals surface area contributed by atoms with Crippen molar-refractivity contribution >= 4 is 33.6 Å². The van der Waals surface area contributed by atoms with Crippen molar-refractivity contribution in [2.45, 2.75) is 36.1 Å². The molecule has 12 nitrogen and oxygen atoms in total. The molecule has 2 atom stereocenters. The Hall–Kier alpha value is -3.19. The maximum absolute atomic E-state index is 12.9. The second-order valence-electron chi connectivity index (χ2n) is 6.42. The van der Waals surface area contributed by atoms with Gasteiger partial charge in [0.15, 0.2) is 0 Å². The number of carboxylic acids is 2. The highest BCUT2D eigenvalue weighted by atomic mass is 32.2. The van der Waals surface area contributed by atoms with Gasteiger partial charge in [0.1, 0.15) is 6.04 Å². The van der Waals surface area contributed by atoms with E-state index in [1.165, 1.54) is 19.2 Å². The van der Waals surface area contributed by atoms with Gasteiger partial charge in [0.25, 0.3) is 5.90 Å². The first-order valence-electron chi connectivity index (χ1n) is 8.67. The molecule has 1 heterocycles. The lowest BCUT2D eigenvalue weighted by molar-refractivity contribution is -0.147. The van der Waals surface area contributed by atoms with E-state index in [1.54, 1.807) is 12.1 Å². The smallest absolute Gasteiger partial charge is 0.326 e. The number of carboxylic acid groups (broad SMARTS) is 2. The zero-order valence-corrected chi connectivity index (χ0v) is 17.0. The Morgan fingerprint density at radius 2 is 1.90 bits per heavy atom. The molecule has 3 N–H and O–H groups in total. The molecular formula is C17H21N3O9S. The molecule has 30 heavy (non-hydrogen) atoms. The lowest BCUT2D eigenvalue weighted by Gasteiger charge is -2.18. The summed E-state index contributed by atoms with van der Waals surface area (Å²) in [5.41, 5.74) is 0.878. The molecule has 1 aromatic carbocycles. The Morgan fingerprint density at radius 1 is 1.27 bits per heavy atom. The van der Waals surface area contributed by atoms with Crippen LogP contribution in [-0.4, -0.2) is 72.5 Å². The quantitative estimate of drug-likeness (QED) is 0.461. The first kappa shape index (κ1) is 23.1. The van der Waals surface area contributed by atoms with Crippen LogP contribution in [0.4, 0.5) is 0 Å². The number of sulfone groups is 1. The highest BCUT2D eigenvalue weighted by Gasteiger charge is 2.43. The molecule has 0 saturated heterocycles. The summed E-state index contributed by atoms with van der Waals surface area (Å²) in [6.07, 6.45) is -1.15. The normalized spacial score (nSPS) is 17.5. The van der Waals surface area contributed by atoms with Gasteiger partial charge in [-0.1, -0.05) is 22.8 Å². The minimum Gasteiger partial charge on any atom is -0.481 e. The minimum atomic E-state index is -3.95. The maximum atomic E-state index is 12.9. The largest absolute Gasteiger partial charge is 0.481 e. The van der Waals surface area contributed by atoms with E-state index < -0.39 is 45.5 Å². The molecule has 2 rings (SSSR count). The van der Waals surface area contributed by atoms with E-state index in [4.69, 9.17) is 19.9 Å². The predicted octanol–water partition coefficient (Wildman–Crippen LogP) is -0.264. The Bertz CT molecular complexity index is 944. The van der Waals surface area contributed by atoms with Crippen molar-refractivity contribution in [2.75, 3.05) is 13.7 Å². The van der Waals surface area contributed by atoms with Crippen LogP contribution in [0.25, 0.3) is 0 Å². The summed E-state index contributed by atoms with van der Waals surface area (Å²) in [6.45, 7) is 1.48. The molecule has 1 aliphatic rings. The number of nitrogens with one attached hydrogen (secondary N) is 1. The zero-order chi connectivity index (χ0) is 22.5. The minimum absolute atomic E-state index is 0.0301. The Balaban J connectivity index is 1.99. The number of aliphatic carboxylic acids is 2. The lowest BCUT2D eigenvalue weighted by atomic mass is 10.2. The van der Waals surface area contributed by atoms with E-state index >= 15 is 0 Å². The fourth-order valence-corrected chi connectivity index (χ4v) is 4.10. The van der Waals surface area contributed by atoms with Crippen LogP contribution in [0.15, 0.2) is 34.3 Å². The van der Waals surface area contributed by atoms with Crippen molar-refractivity contribution in [3.8, 4) is 0 Å². The average Bonchev–Trinajstić information content (AvgIpc) is 3.02. The third-order valence-corrected chi connectivity index (χ3v) is 6.05. The van der Waals surface area contributed by atoms with Crippen LogP contribution in [0.2, 0.25) is 0 Å². The Labute approximate surface area is 171 Å². The second-order valence-corrected chi connectivity index (χ2v) is 8.43. The molecule has 1 unspecified atom stereocenters. The summed E-state index contributed by atoms with van der Waals surface area (Å²) < 4.78 is 31.1. The van der Waals surface area contributed by atoms with Crippen LogP contribution >= 0.6 is 0 Å². The molecule has 0 fully saturated rings. The number of hydrogen-bond donors (Lipinski definition) is 3. The van der Waals surface area contributed by atoms with Gasteiger partial charge in [-0.05, 0) is 24.2 Å². The molecule has 1 aliphatic heterocycles. The molecule has 1 amide bonds. The van der Waals surface area contributed by atoms with Gasteiger partial charge in [-0.3, -0.25) is 14.5 Å². The number of amides is 1. The van der Waals surface area contributed by atoms with Gasteiger partial charge >= 0.3 is 11.9 Å². The second kappa shape index (κ2) is 9.54. The third kappa shape index (κ3) is 5.67. The van der Waals surface area contributed by atoms with Crippen LogP contribution in [0.3, 0.4) is 0 Å². The van der Waals surface area contributed by atoms with Crippen molar-refractivity contribution in [1.29, 1.82) is 0 Å². The number of nitrogens with zero attached hydrogens (tertiary/aromatic N) is 2. The molecule has 0 radical (unpaired) electrons. The molecule has 13 heteroatoms. The summed E-state index contributed by atoms with van der Waals surface area (Å²) in [4.78, 5) is 38.4. The van der Waals surface area contributed by atoms with Gasteiger partial charge in [-0.25, -0.2) is 13.2 Å². The fraction of sp³-hybridized carbons (Fsp3) is 0.412. The highest BCUT2D eigenvalue weighted by Crippen LogP contribution is 2.24. The number of benzene rings is 1. The average molecular weight is 443 g/mol. The number of hydrogen-bond acceptors (Lipinski definition) is 9. The first-order chi connectivity index (χ1) is 14.0. The number of ether oxygens (including phenoxy) is 1. The predicted molar refractivity (Wildman–Crippen MR) is 101 cm³/mol. The highest BCUT2D eigenvalue weighted by molar-refractivity contribution is 7.92. The van der Waals surface area contributed by atoms with Crippen molar-refractivity contribution in [1.82, 2.24) is 10.4 Å². The molecule has 164 valence electrons. The van der Waals surface area contributed by atoms with Crippen LogP contribution in [0, 0.1) is 6.92 Å². The summed E-state index contributed by atoms with van der Waals surface area (Å²) in [5, 5.41) is 22.8. The van der Waals surface area contributed by atoms with Crippen LogP contribution < -0.4 is 5.32 Å². The van der Waals surface area contributed by atoms with Gasteiger partial charge in [0, 0.05) is 7.05 Å². The monoisotopic (exact) mass is 443 g/mol. The van der Waals surface area contributed by atoms with E-state index in [-0.39, 0.29) is 23.8 Å². The summed E-state index contributed by atoms with van der Waals surface area (Å²) in [7, 11) is -2.59. The van der Waals surface area contributed by atoms with Crippen LogP contribution in [0.5, 0.6) is 0 Å². The Kier molecular flexibility index (Phi) is 7.34. The van der Waals surface area contributed by atoms with Gasteiger partial charge in [0.05, 0.1) is 24.3 Å². The Morgan fingerprint density at radius 3 is 2.47 bits per heavy atom. The number of oxime groups is 1. The third-order valence-electron chi connectivity index (χ3n) is 4.04. The van der Waals surface area contributed by atoms with Crippen LogP contribution in [0.1, 0.15) is 18.4 Å². The molecule has 0 aromatic heterocycles. The molecule has 0 spiro atoms. The van der Waals surface area contributed by atoms with Gasteiger partial charge in [-0.15, -0.1) is 0 Å². The van der Waals surface area contributed by atoms with Crippen molar-refractivity contribution in [3.05, 3.63) is 29.8 Å². The van der Waals surface area contributed by atoms with Crippen molar-refractivity contribution in [3.63, 3.8) is 0 Å². The van der Waals surface area contributed by atoms with Crippen molar-refractivity contribution < 1.29 is 42.7 Å². The number of likely N-dealkylation sites (N-methyl/N-ethyl adjacent to an activating group) is 1. The van der Waals surface area contributed by atoms with E-state index in [0.29, 0.717) is 0 Å². The van der Waals surface area contributed by atoms with E-state index in [1.807, 2.05) is 6.92 Å². The van der Waals surface area contributed by atoms with Gasteiger partial charge in [-0.2, -0.15) is 0 Å². The summed E-state index contributed by atoms with van der Waals surface area (Å²) in [5.74, 6) is -3.95. The fourth-order valence-electron chi connectivity index (χ4n) is 2.52. The molecular weight excluding hydrogens is 422 g/mol. The van der Waals surface area contributed by atoms with E-state index in [0.717, 1.165) is 10.6 Å². The number of aryl methyl sites for hydroxylation is 1. The van der Waals surface area contributed by atoms with Gasteiger partial charge in [0.2, 0.25) is 21.1 Å². The van der Waals surface area contributed by atoms with Crippen LogP contribution in [-0.2, 0) is 33.9 Å². The molecule has 1 aromatic rings. The number of carbonyl (C=O) groups excluding carboxylic acids is 1. The molecule has 0 saturated carbocycles. The zero-order valence-electron chi connectivity index (χ0n) is 16.1. The first-order valence-corrected chi connectivity index (χ1v) is 10.2. The van der Waals surface area contributed by atoms with E-state index in [2.05, 4.69) is 10.5 Å². The maximum Gasteiger partial charge on any atom is 0.326 e. The number of carbonyl (C=O) groups is 3. The lowest BCUT2D eigenvalue weighted by Crippen LogP contribution is -2.43. The molecule has 0 bridgehead atoms. The van der Waals surface area contributed by atoms with E-state index in [9.17, 15) is 22.8 Å². The summed E-state index contributed by atoms with van der Waals surface area (Å²) >= 11 is 0. The number of rotatable bonds is 9. The standard InChI is InChI=1S/C17H21N3O9S/c1-10-3-5-11(6-4-10)30(26,27)16-15(19-29-20(16)2)28-8-7-13(21)18-12(17(24)25)9-14(22)23/h3-6,12,16H,7-9H2,1-2H3,(H,18,21)(H,22,23)(H,24,25)/t12-,16?/m0/s1. The molecule has 0 aliphatic carbocycles. The SMILES string of the molecule is Cc1ccc(S(=O)(=O)C2C(OCCC(=O)N[C@@H](CC(=O)O)C(=O)O)=NON2C)cc1. The van der Waals surface area contributed by atoms with Gasteiger partial charge < -0.3 is 20.3 Å².